The summed E-state index contributed by atoms with van der Waals surface area (Å²) in [6, 6.07) is 13.6. The highest BCUT2D eigenvalue weighted by Gasteiger charge is 2.23. The molecule has 198 valence electrons. The van der Waals surface area contributed by atoms with E-state index in [2.05, 4.69) is 22.6 Å². The molecule has 2 aromatic heterocycles. The molecule has 1 fully saturated rings. The lowest BCUT2D eigenvalue weighted by Crippen LogP contribution is -2.26. The maximum Gasteiger partial charge on any atom is 0.281 e. The average molecular weight is 508 g/mol. The van der Waals surface area contributed by atoms with E-state index in [1.807, 2.05) is 50.2 Å². The van der Waals surface area contributed by atoms with Gasteiger partial charge >= 0.3 is 0 Å². The van der Waals surface area contributed by atoms with Crippen molar-refractivity contribution in [3.05, 3.63) is 72.7 Å². The van der Waals surface area contributed by atoms with Gasteiger partial charge in [-0.05, 0) is 67.6 Å². The van der Waals surface area contributed by atoms with Crippen LogP contribution in [-0.4, -0.2) is 35.4 Å². The Kier molecular flexibility index (Phi) is 11.6. The van der Waals surface area contributed by atoms with E-state index in [9.17, 15) is 17.6 Å². The van der Waals surface area contributed by atoms with Crippen LogP contribution in [0.3, 0.4) is 0 Å². The predicted molar refractivity (Wildman–Crippen MR) is 140 cm³/mol. The number of pyridine rings is 1. The number of nitrogens with zero attached hydrogens (tertiary/aromatic N) is 3. The molecule has 1 aromatic carbocycles. The molecule has 36 heavy (non-hydrogen) atoms. The number of nitrogens with one attached hydrogen (secondary N) is 1. The molecule has 0 saturated heterocycles. The third kappa shape index (κ3) is 7.90. The molecule has 4 rings (SSSR count). The molecule has 0 amide bonds. The van der Waals surface area contributed by atoms with E-state index in [1.54, 1.807) is 22.4 Å². The Morgan fingerprint density at radius 1 is 1.08 bits per heavy atom. The minimum Gasteiger partial charge on any atom is -0.405 e. The number of aromatic nitrogens is 2. The molecule has 0 unspecified atom stereocenters. The maximum absolute atomic E-state index is 13.0. The monoisotopic (exact) mass is 507 g/mol. The molecule has 1 aliphatic carbocycles. The normalized spacial score (nSPS) is 17.1. The summed E-state index contributed by atoms with van der Waals surface area (Å²) in [5.74, 6) is 1.20. The Morgan fingerprint density at radius 2 is 1.69 bits per heavy atom. The topological polar surface area (TPSA) is 58.6 Å². The van der Waals surface area contributed by atoms with Crippen molar-refractivity contribution < 1.29 is 17.6 Å². The first kappa shape index (κ1) is 29.0. The summed E-state index contributed by atoms with van der Waals surface area (Å²) in [5, 5.41) is 3.49. The SMILES string of the molecule is C=CN.CC.CN(CC(F)F)c1ccc(C2CCC(Nc3cccc4nc(C(F)F)cn34)CC2)cc1. The van der Waals surface area contributed by atoms with Gasteiger partial charge in [-0.3, -0.25) is 4.40 Å². The molecule has 3 aromatic rings. The summed E-state index contributed by atoms with van der Waals surface area (Å²) in [6.07, 6.45) is 1.63. The number of anilines is 2. The first-order valence-corrected chi connectivity index (χ1v) is 12.3. The second kappa shape index (κ2) is 14.4. The van der Waals surface area contributed by atoms with Crippen molar-refractivity contribution in [1.29, 1.82) is 0 Å². The summed E-state index contributed by atoms with van der Waals surface area (Å²) in [4.78, 5) is 5.54. The van der Waals surface area contributed by atoms with E-state index in [0.29, 0.717) is 11.6 Å². The number of imidazole rings is 1. The van der Waals surface area contributed by atoms with Gasteiger partial charge in [-0.15, -0.1) is 0 Å². The van der Waals surface area contributed by atoms with E-state index in [0.717, 1.165) is 37.2 Å². The summed E-state index contributed by atoms with van der Waals surface area (Å²) in [7, 11) is 1.67. The molecule has 9 heteroatoms. The fourth-order valence-corrected chi connectivity index (χ4v) is 4.35. The summed E-state index contributed by atoms with van der Waals surface area (Å²) in [5.41, 5.74) is 6.91. The van der Waals surface area contributed by atoms with Crippen molar-refractivity contribution >= 4 is 17.2 Å². The van der Waals surface area contributed by atoms with E-state index in [4.69, 9.17) is 0 Å². The van der Waals surface area contributed by atoms with Gasteiger partial charge in [-0.1, -0.05) is 38.6 Å². The van der Waals surface area contributed by atoms with Crippen LogP contribution in [0.5, 0.6) is 0 Å². The molecule has 0 atom stereocenters. The molecule has 0 spiro atoms. The van der Waals surface area contributed by atoms with Crippen molar-refractivity contribution in [2.24, 2.45) is 5.73 Å². The Hall–Kier alpha value is -3.23. The Balaban J connectivity index is 0.000000850. The quantitative estimate of drug-likeness (QED) is 0.331. The van der Waals surface area contributed by atoms with Gasteiger partial charge in [0.2, 0.25) is 0 Å². The highest BCUT2D eigenvalue weighted by molar-refractivity contribution is 5.52. The fraction of sp³-hybridized carbons (Fsp3) is 0.444. The van der Waals surface area contributed by atoms with Crippen LogP contribution in [0.1, 0.15) is 63.1 Å². The molecule has 0 aliphatic heterocycles. The fourth-order valence-electron chi connectivity index (χ4n) is 4.35. The van der Waals surface area contributed by atoms with Crippen LogP contribution in [0.4, 0.5) is 29.1 Å². The summed E-state index contributed by atoms with van der Waals surface area (Å²) >= 11 is 0. The van der Waals surface area contributed by atoms with E-state index >= 15 is 0 Å². The zero-order chi connectivity index (χ0) is 26.7. The number of fused-ring (bicyclic) bond motifs is 1. The van der Waals surface area contributed by atoms with Gasteiger partial charge in [0.15, 0.2) is 0 Å². The molecule has 1 aliphatic rings. The van der Waals surface area contributed by atoms with Crippen LogP contribution in [-0.2, 0) is 0 Å². The van der Waals surface area contributed by atoms with Crippen LogP contribution in [0.15, 0.2) is 61.4 Å². The smallest absolute Gasteiger partial charge is 0.281 e. The number of halogens is 4. The van der Waals surface area contributed by atoms with E-state index in [1.165, 1.54) is 18.0 Å². The minimum absolute atomic E-state index is 0.222. The van der Waals surface area contributed by atoms with Gasteiger partial charge in [0.05, 0.1) is 6.54 Å². The Labute approximate surface area is 211 Å². The molecular formula is C27H37F4N5. The second-order valence-electron chi connectivity index (χ2n) is 8.40. The standard InChI is InChI=1S/C23H26F4N4.C2H5N.C2H6/c1-30(14-20(24)25)18-11-7-16(8-12-18)15-5-9-17(10-6-15)28-21-3-2-4-22-29-19(23(26)27)13-31(21)22;1-2-3;1-2/h2-4,7-8,11-13,15,17,20,23,28H,5-6,9-10,14H2,1H3;2H,1,3H2;1-2H3. The van der Waals surface area contributed by atoms with Gasteiger partial charge in [-0.25, -0.2) is 22.5 Å². The molecule has 2 heterocycles. The lowest BCUT2D eigenvalue weighted by atomic mass is 9.81. The molecule has 0 bridgehead atoms. The van der Waals surface area contributed by atoms with Crippen molar-refractivity contribution in [3.63, 3.8) is 0 Å². The van der Waals surface area contributed by atoms with Crippen molar-refractivity contribution in [1.82, 2.24) is 9.38 Å². The third-order valence-corrected chi connectivity index (χ3v) is 6.03. The summed E-state index contributed by atoms with van der Waals surface area (Å²) in [6.45, 7) is 6.86. The van der Waals surface area contributed by atoms with Crippen LogP contribution < -0.4 is 16.0 Å². The highest BCUT2D eigenvalue weighted by Crippen LogP contribution is 2.35. The number of nitrogens with two attached hydrogens (primary N) is 1. The van der Waals surface area contributed by atoms with Gasteiger partial charge in [0.1, 0.15) is 17.2 Å². The number of alkyl halides is 4. The second-order valence-corrected chi connectivity index (χ2v) is 8.40. The number of rotatable bonds is 7. The Morgan fingerprint density at radius 3 is 2.25 bits per heavy atom. The molecule has 1 saturated carbocycles. The lowest BCUT2D eigenvalue weighted by molar-refractivity contribution is 0.146. The Bertz CT molecular complexity index is 1040. The van der Waals surface area contributed by atoms with Crippen molar-refractivity contribution in [2.75, 3.05) is 23.8 Å². The van der Waals surface area contributed by atoms with Crippen LogP contribution in [0, 0.1) is 0 Å². The average Bonchev–Trinajstić information content (AvgIpc) is 3.32. The van der Waals surface area contributed by atoms with E-state index < -0.39 is 12.9 Å². The zero-order valence-electron chi connectivity index (χ0n) is 21.2. The lowest BCUT2D eigenvalue weighted by Gasteiger charge is -2.30. The molecule has 5 nitrogen and oxygen atoms in total. The molecular weight excluding hydrogens is 470 g/mol. The van der Waals surface area contributed by atoms with Crippen LogP contribution >= 0.6 is 0 Å². The first-order valence-electron chi connectivity index (χ1n) is 12.3. The predicted octanol–water partition coefficient (Wildman–Crippen LogP) is 7.23. The van der Waals surface area contributed by atoms with Gasteiger partial charge in [-0.2, -0.15) is 0 Å². The highest BCUT2D eigenvalue weighted by atomic mass is 19.3. The number of benzene rings is 1. The van der Waals surface area contributed by atoms with Crippen molar-refractivity contribution in [3.8, 4) is 0 Å². The first-order chi connectivity index (χ1) is 17.3. The molecule has 0 radical (unpaired) electrons. The van der Waals surface area contributed by atoms with Gasteiger partial charge in [0.25, 0.3) is 12.9 Å². The zero-order valence-corrected chi connectivity index (χ0v) is 21.2. The minimum atomic E-state index is -2.59. The van der Waals surface area contributed by atoms with E-state index in [-0.39, 0.29) is 18.3 Å². The van der Waals surface area contributed by atoms with Gasteiger partial charge in [0, 0.05) is 25.0 Å². The van der Waals surface area contributed by atoms with Crippen LogP contribution in [0.2, 0.25) is 0 Å². The van der Waals surface area contributed by atoms with Crippen molar-refractivity contribution in [2.45, 2.75) is 64.3 Å². The van der Waals surface area contributed by atoms with Crippen LogP contribution in [0.25, 0.3) is 5.65 Å². The summed E-state index contributed by atoms with van der Waals surface area (Å²) < 4.78 is 52.8. The largest absolute Gasteiger partial charge is 0.405 e. The molecule has 3 N–H and O–H groups in total. The van der Waals surface area contributed by atoms with Gasteiger partial charge < -0.3 is 16.0 Å². The maximum atomic E-state index is 13.0. The number of hydrogen-bond donors (Lipinski definition) is 2. The number of hydrogen-bond acceptors (Lipinski definition) is 4. The third-order valence-electron chi connectivity index (χ3n) is 6.03.